The van der Waals surface area contributed by atoms with Gasteiger partial charge in [0.15, 0.2) is 0 Å². The number of piperazine rings is 1. The third-order valence-corrected chi connectivity index (χ3v) is 5.82. The third kappa shape index (κ3) is 3.90. The van der Waals surface area contributed by atoms with E-state index in [1.54, 1.807) is 0 Å². The smallest absolute Gasteiger partial charge is 0.253 e. The highest BCUT2D eigenvalue weighted by molar-refractivity contribution is 5.95. The number of carbonyl (C=O) groups excluding carboxylic acids is 1. The fourth-order valence-electron chi connectivity index (χ4n) is 3.97. The summed E-state index contributed by atoms with van der Waals surface area (Å²) in [6.07, 6.45) is 0. The number of benzene rings is 2. The Morgan fingerprint density at radius 2 is 1.53 bits per heavy atom. The van der Waals surface area contributed by atoms with Crippen molar-refractivity contribution in [3.8, 4) is 22.5 Å². The van der Waals surface area contributed by atoms with E-state index in [4.69, 9.17) is 10.7 Å². The molecule has 0 saturated carbocycles. The van der Waals surface area contributed by atoms with Crippen molar-refractivity contribution in [1.29, 1.82) is 0 Å². The van der Waals surface area contributed by atoms with Crippen LogP contribution in [-0.4, -0.2) is 63.9 Å². The number of rotatable bonds is 3. The van der Waals surface area contributed by atoms with E-state index >= 15 is 0 Å². The van der Waals surface area contributed by atoms with Crippen LogP contribution < -0.4 is 5.73 Å². The van der Waals surface area contributed by atoms with Crippen LogP contribution in [0.3, 0.4) is 0 Å². The molecule has 0 unspecified atom stereocenters. The Kier molecular flexibility index (Phi) is 5.25. The minimum Gasteiger partial charge on any atom is -0.368 e. The molecule has 0 aliphatic carbocycles. The molecule has 32 heavy (non-hydrogen) atoms. The lowest BCUT2D eigenvalue weighted by Gasteiger charge is -2.32. The van der Waals surface area contributed by atoms with Gasteiger partial charge in [-0.15, -0.1) is 0 Å². The van der Waals surface area contributed by atoms with E-state index in [1.807, 2.05) is 71.6 Å². The predicted octanol–water partition coefficient (Wildman–Crippen LogP) is 3.33. The number of hydrogen-bond donors (Lipinski definition) is 1. The first kappa shape index (κ1) is 20.1. The maximum absolute atomic E-state index is 12.8. The Hall–Kier alpha value is -3.84. The zero-order valence-corrected chi connectivity index (χ0v) is 17.9. The normalized spacial score (nSPS) is 14.6. The highest BCUT2D eigenvalue weighted by atomic mass is 16.2. The molecule has 0 spiro atoms. The summed E-state index contributed by atoms with van der Waals surface area (Å²) in [4.78, 5) is 30.6. The van der Waals surface area contributed by atoms with Crippen LogP contribution in [0.5, 0.6) is 0 Å². The van der Waals surface area contributed by atoms with Crippen LogP contribution in [0.25, 0.3) is 33.5 Å². The maximum atomic E-state index is 12.8. The molecule has 1 aliphatic heterocycles. The van der Waals surface area contributed by atoms with E-state index in [2.05, 4.69) is 21.9 Å². The molecule has 1 fully saturated rings. The van der Waals surface area contributed by atoms with E-state index in [0.717, 1.165) is 43.0 Å². The molecule has 0 bridgehead atoms. The Bertz CT molecular complexity index is 1270. The zero-order chi connectivity index (χ0) is 22.1. The van der Waals surface area contributed by atoms with E-state index in [0.29, 0.717) is 22.3 Å². The number of nitrogen functional groups attached to an aromatic ring is 1. The molecule has 2 aromatic carbocycles. The molecule has 7 nitrogen and oxygen atoms in total. The topological polar surface area (TPSA) is 88.2 Å². The number of nitrogens with two attached hydrogens (primary N) is 1. The van der Waals surface area contributed by atoms with E-state index < -0.39 is 0 Å². The molecule has 1 aliphatic rings. The number of pyridine rings is 1. The highest BCUT2D eigenvalue weighted by Gasteiger charge is 2.20. The molecule has 1 saturated heterocycles. The van der Waals surface area contributed by atoms with Crippen molar-refractivity contribution in [2.45, 2.75) is 0 Å². The van der Waals surface area contributed by atoms with Crippen LogP contribution in [0.1, 0.15) is 10.4 Å². The Morgan fingerprint density at radius 1 is 0.812 bits per heavy atom. The molecule has 0 atom stereocenters. The quantitative estimate of drug-likeness (QED) is 0.543. The van der Waals surface area contributed by atoms with Crippen molar-refractivity contribution in [2.75, 3.05) is 39.0 Å². The second kappa shape index (κ2) is 8.36. The summed E-state index contributed by atoms with van der Waals surface area (Å²) in [5.74, 6) is 0.295. The van der Waals surface area contributed by atoms with Crippen molar-refractivity contribution in [3.05, 3.63) is 72.3 Å². The summed E-state index contributed by atoms with van der Waals surface area (Å²) in [6, 6.07) is 21.3. The number of aromatic nitrogens is 3. The van der Waals surface area contributed by atoms with Gasteiger partial charge in [0.05, 0.1) is 11.2 Å². The van der Waals surface area contributed by atoms with Crippen LogP contribution in [0.2, 0.25) is 0 Å². The third-order valence-electron chi connectivity index (χ3n) is 5.82. The van der Waals surface area contributed by atoms with Gasteiger partial charge in [-0.2, -0.15) is 0 Å². The molecule has 4 aromatic rings. The van der Waals surface area contributed by atoms with Crippen molar-refractivity contribution < 1.29 is 4.79 Å². The largest absolute Gasteiger partial charge is 0.368 e. The Morgan fingerprint density at radius 3 is 2.25 bits per heavy atom. The molecule has 2 aromatic heterocycles. The first-order valence-corrected chi connectivity index (χ1v) is 10.7. The van der Waals surface area contributed by atoms with Gasteiger partial charge in [-0.1, -0.05) is 42.5 Å². The second-order valence-electron chi connectivity index (χ2n) is 8.03. The summed E-state index contributed by atoms with van der Waals surface area (Å²) in [7, 11) is 2.08. The second-order valence-corrected chi connectivity index (χ2v) is 8.03. The fraction of sp³-hybridized carbons (Fsp3) is 0.200. The Balaban J connectivity index is 1.47. The van der Waals surface area contributed by atoms with Gasteiger partial charge < -0.3 is 15.5 Å². The first-order chi connectivity index (χ1) is 15.6. The van der Waals surface area contributed by atoms with Gasteiger partial charge in [-0.3, -0.25) is 4.79 Å². The number of anilines is 1. The molecule has 1 amide bonds. The number of likely N-dealkylation sites (N-methyl/N-ethyl adjacent to an activating group) is 1. The van der Waals surface area contributed by atoms with E-state index in [1.165, 1.54) is 0 Å². The summed E-state index contributed by atoms with van der Waals surface area (Å²) >= 11 is 0. The fourth-order valence-corrected chi connectivity index (χ4v) is 3.97. The monoisotopic (exact) mass is 424 g/mol. The van der Waals surface area contributed by atoms with Crippen LogP contribution in [0, 0.1) is 0 Å². The van der Waals surface area contributed by atoms with Crippen molar-refractivity contribution in [1.82, 2.24) is 24.8 Å². The van der Waals surface area contributed by atoms with Crippen LogP contribution >= 0.6 is 0 Å². The van der Waals surface area contributed by atoms with Crippen molar-refractivity contribution in [2.24, 2.45) is 0 Å². The van der Waals surface area contributed by atoms with Gasteiger partial charge >= 0.3 is 0 Å². The minimum atomic E-state index is 0.0753. The first-order valence-electron chi connectivity index (χ1n) is 10.7. The average molecular weight is 425 g/mol. The van der Waals surface area contributed by atoms with Gasteiger partial charge in [-0.05, 0) is 31.3 Å². The molecule has 3 heterocycles. The molecular weight excluding hydrogens is 400 g/mol. The number of hydrogen-bond acceptors (Lipinski definition) is 6. The lowest BCUT2D eigenvalue weighted by molar-refractivity contribution is 0.0664. The van der Waals surface area contributed by atoms with Gasteiger partial charge in [-0.25, -0.2) is 15.0 Å². The van der Waals surface area contributed by atoms with Crippen LogP contribution in [0.4, 0.5) is 5.95 Å². The minimum absolute atomic E-state index is 0.0753. The molecule has 5 rings (SSSR count). The standard InChI is InChI=1S/C25H24N6O/c1-30-13-15-31(16-14-30)24(32)19-9-7-17(8-10-19)20-11-12-21-23(27-20)22(29-25(26)28-21)18-5-3-2-4-6-18/h2-12H,13-16H2,1H3,(H2,26,28,29). The summed E-state index contributed by atoms with van der Waals surface area (Å²) < 4.78 is 0. The number of fused-ring (bicyclic) bond motifs is 1. The average Bonchev–Trinajstić information content (AvgIpc) is 2.84. The van der Waals surface area contributed by atoms with Crippen molar-refractivity contribution >= 4 is 22.9 Å². The Labute approximate surface area is 186 Å². The summed E-state index contributed by atoms with van der Waals surface area (Å²) in [5.41, 5.74) is 11.4. The van der Waals surface area contributed by atoms with Crippen LogP contribution in [-0.2, 0) is 0 Å². The maximum Gasteiger partial charge on any atom is 0.253 e. The number of nitrogens with zero attached hydrogens (tertiary/aromatic N) is 5. The van der Waals surface area contributed by atoms with Crippen molar-refractivity contribution in [3.63, 3.8) is 0 Å². The lowest BCUT2D eigenvalue weighted by Crippen LogP contribution is -2.47. The molecule has 2 N–H and O–H groups in total. The summed E-state index contributed by atoms with van der Waals surface area (Å²) in [5, 5.41) is 0. The van der Waals surface area contributed by atoms with Gasteiger partial charge in [0.2, 0.25) is 5.95 Å². The molecule has 0 radical (unpaired) electrons. The lowest BCUT2D eigenvalue weighted by atomic mass is 10.1. The highest BCUT2D eigenvalue weighted by Crippen LogP contribution is 2.28. The number of carbonyl (C=O) groups is 1. The van der Waals surface area contributed by atoms with Gasteiger partial charge in [0.25, 0.3) is 5.91 Å². The van der Waals surface area contributed by atoms with Gasteiger partial charge in [0, 0.05) is 42.9 Å². The number of amides is 1. The van der Waals surface area contributed by atoms with Crippen LogP contribution in [0.15, 0.2) is 66.7 Å². The summed E-state index contributed by atoms with van der Waals surface area (Å²) in [6.45, 7) is 3.33. The van der Waals surface area contributed by atoms with E-state index in [9.17, 15) is 4.79 Å². The SMILES string of the molecule is CN1CCN(C(=O)c2ccc(-c3ccc4nc(N)nc(-c5ccccc5)c4n3)cc2)CC1. The molecular formula is C25H24N6O. The molecule has 160 valence electrons. The van der Waals surface area contributed by atoms with E-state index in [-0.39, 0.29) is 11.9 Å². The molecule has 7 heteroatoms. The predicted molar refractivity (Wildman–Crippen MR) is 126 cm³/mol. The zero-order valence-electron chi connectivity index (χ0n) is 17.9. The van der Waals surface area contributed by atoms with Gasteiger partial charge in [0.1, 0.15) is 11.2 Å².